The molecule has 0 radical (unpaired) electrons. The molecule has 0 saturated carbocycles. The van der Waals surface area contributed by atoms with Crippen molar-refractivity contribution in [2.75, 3.05) is 0 Å². The van der Waals surface area contributed by atoms with E-state index >= 15 is 0 Å². The Morgan fingerprint density at radius 3 is 2.14 bits per heavy atom. The van der Waals surface area contributed by atoms with E-state index in [1.807, 2.05) is 41.3 Å². The molecule has 292 valence electrons. The van der Waals surface area contributed by atoms with E-state index in [2.05, 4.69) is 140 Å². The molecule has 5 nitrogen and oxygen atoms in total. The van der Waals surface area contributed by atoms with Crippen LogP contribution in [0.25, 0.3) is 44.4 Å². The largest absolute Gasteiger partial charge is 2.00 e. The minimum Gasteiger partial charge on any atom is -0.509 e. The van der Waals surface area contributed by atoms with E-state index in [0.717, 1.165) is 77.4 Å². The van der Waals surface area contributed by atoms with Crippen LogP contribution in [0, 0.1) is 35.8 Å². The maximum absolute atomic E-state index is 6.51. The molecule has 3 heterocycles. The van der Waals surface area contributed by atoms with Gasteiger partial charge in [-0.05, 0) is 114 Å². The number of fused-ring (bicyclic) bond motifs is 3. The number of hydrogen-bond donors (Lipinski definition) is 0. The summed E-state index contributed by atoms with van der Waals surface area (Å²) >= 11 is 0. The summed E-state index contributed by atoms with van der Waals surface area (Å²) in [7, 11) is 0. The van der Waals surface area contributed by atoms with Gasteiger partial charge >= 0.3 is 21.1 Å². The molecule has 0 amide bonds. The molecule has 7 aromatic rings. The summed E-state index contributed by atoms with van der Waals surface area (Å²) in [4.78, 5) is 4.83. The fraction of sp³-hybridized carbons (Fsp3) is 0.360. The molecule has 0 aliphatic carbocycles. The van der Waals surface area contributed by atoms with Crippen LogP contribution in [0.3, 0.4) is 0 Å². The summed E-state index contributed by atoms with van der Waals surface area (Å²) in [5, 5.41) is 7.16. The SMILES string of the molecule is Cc1cc(CCC(C)(C)C)c(-c2cnn(-c3[c-]c(Oc4[c-]c5c(cc4)c4ccccc4n5-c4cc(CCC(C)C)ccn4)ccc3)c2)c(CCC(C)(C)C)c1.[Pt+2]. The smallest absolute Gasteiger partial charge is 0.509 e. The molecule has 0 atom stereocenters. The Morgan fingerprint density at radius 1 is 0.750 bits per heavy atom. The number of nitrogens with zero attached hydrogens (tertiary/aromatic N) is 4. The van der Waals surface area contributed by atoms with Crippen molar-refractivity contribution < 1.29 is 25.8 Å². The van der Waals surface area contributed by atoms with Crippen molar-refractivity contribution in [3.05, 3.63) is 132 Å². The van der Waals surface area contributed by atoms with Gasteiger partial charge in [-0.15, -0.1) is 35.7 Å². The first-order chi connectivity index (χ1) is 26.2. The normalized spacial score (nSPS) is 12.1. The van der Waals surface area contributed by atoms with Gasteiger partial charge in [-0.2, -0.15) is 17.2 Å². The molecule has 7 rings (SSSR count). The van der Waals surface area contributed by atoms with Crippen LogP contribution in [0.5, 0.6) is 11.5 Å². The molecule has 3 aromatic heterocycles. The van der Waals surface area contributed by atoms with E-state index in [4.69, 9.17) is 14.8 Å². The number of ether oxygens (including phenoxy) is 1. The molecule has 0 fully saturated rings. The predicted octanol–water partition coefficient (Wildman–Crippen LogP) is 13.3. The minimum absolute atomic E-state index is 0. The molecular formula is C50H56N4OPt. The quantitative estimate of drug-likeness (QED) is 0.115. The number of hydrogen-bond acceptors (Lipinski definition) is 3. The third kappa shape index (κ3) is 9.72. The van der Waals surface area contributed by atoms with Crippen LogP contribution < -0.4 is 4.74 Å². The maximum atomic E-state index is 6.51. The van der Waals surface area contributed by atoms with Gasteiger partial charge in [0.15, 0.2) is 0 Å². The van der Waals surface area contributed by atoms with Crippen LogP contribution in [0.4, 0.5) is 0 Å². The first-order valence-electron chi connectivity index (χ1n) is 20.0. The zero-order valence-electron chi connectivity index (χ0n) is 34.6. The van der Waals surface area contributed by atoms with E-state index in [9.17, 15) is 0 Å². The van der Waals surface area contributed by atoms with Crippen LogP contribution in [-0.4, -0.2) is 19.3 Å². The molecule has 0 unspecified atom stereocenters. The second-order valence-corrected chi connectivity index (χ2v) is 18.1. The molecule has 6 heteroatoms. The molecule has 0 aliphatic rings. The van der Waals surface area contributed by atoms with Gasteiger partial charge in [0.25, 0.3) is 0 Å². The number of rotatable bonds is 12. The third-order valence-corrected chi connectivity index (χ3v) is 10.4. The van der Waals surface area contributed by atoms with Crippen molar-refractivity contribution in [3.8, 4) is 34.1 Å². The van der Waals surface area contributed by atoms with Gasteiger partial charge in [-0.25, -0.2) is 4.98 Å². The first kappa shape index (κ1) is 41.2. The zero-order chi connectivity index (χ0) is 38.9. The van der Waals surface area contributed by atoms with Crippen molar-refractivity contribution in [1.82, 2.24) is 19.3 Å². The Hall–Kier alpha value is -4.47. The number of pyridine rings is 1. The van der Waals surface area contributed by atoms with Gasteiger partial charge in [-0.3, -0.25) is 4.68 Å². The summed E-state index contributed by atoms with van der Waals surface area (Å²) < 4.78 is 10.6. The van der Waals surface area contributed by atoms with Crippen molar-refractivity contribution in [2.24, 2.45) is 16.7 Å². The number of para-hydroxylation sites is 1. The third-order valence-electron chi connectivity index (χ3n) is 10.4. The molecule has 0 saturated heterocycles. The number of aryl methyl sites for hydroxylation is 4. The monoisotopic (exact) mass is 923 g/mol. The standard InChI is InChI=1S/C50H56N4O.Pt/c1-34(2)17-18-36-23-26-51-47(29-36)54-45-16-11-10-15-43(45)44-20-19-42(31-46(44)54)55-41-14-12-13-40(30-41)53-33-39(32-52-53)48-37(21-24-49(4,5)6)27-35(3)28-38(48)22-25-50(7,8)9;/h10-16,19-20,23,26-29,32-34H,17-18,21-22,24-25H2,1-9H3;/q-2;+2. The Kier molecular flexibility index (Phi) is 12.5. The summed E-state index contributed by atoms with van der Waals surface area (Å²) in [6.07, 6.45) is 12.5. The fourth-order valence-electron chi connectivity index (χ4n) is 7.42. The average Bonchev–Trinajstić information content (AvgIpc) is 3.75. The Bertz CT molecular complexity index is 2400. The first-order valence-corrected chi connectivity index (χ1v) is 20.0. The molecule has 0 N–H and O–H groups in total. The predicted molar refractivity (Wildman–Crippen MR) is 229 cm³/mol. The van der Waals surface area contributed by atoms with Crippen molar-refractivity contribution >= 4 is 21.8 Å². The van der Waals surface area contributed by atoms with Gasteiger partial charge in [0.2, 0.25) is 0 Å². The Morgan fingerprint density at radius 2 is 1.45 bits per heavy atom. The number of benzene rings is 4. The van der Waals surface area contributed by atoms with Crippen LogP contribution >= 0.6 is 0 Å². The van der Waals surface area contributed by atoms with Gasteiger partial charge in [0, 0.05) is 35.0 Å². The Balaban J connectivity index is 0.00000532. The maximum Gasteiger partial charge on any atom is 2.00 e. The van der Waals surface area contributed by atoms with Gasteiger partial charge in [0.1, 0.15) is 5.82 Å². The summed E-state index contributed by atoms with van der Waals surface area (Å²) in [6.45, 7) is 20.7. The van der Waals surface area contributed by atoms with Gasteiger partial charge < -0.3 is 9.30 Å². The molecule has 0 bridgehead atoms. The van der Waals surface area contributed by atoms with E-state index in [0.29, 0.717) is 17.4 Å². The van der Waals surface area contributed by atoms with Gasteiger partial charge in [0.05, 0.1) is 6.20 Å². The van der Waals surface area contributed by atoms with E-state index in [1.165, 1.54) is 27.8 Å². The van der Waals surface area contributed by atoms with E-state index in [1.54, 1.807) is 0 Å². The van der Waals surface area contributed by atoms with Crippen LogP contribution in [0.15, 0.2) is 97.5 Å². The summed E-state index contributed by atoms with van der Waals surface area (Å²) in [5.41, 5.74) is 11.2. The molecule has 56 heavy (non-hydrogen) atoms. The van der Waals surface area contributed by atoms with E-state index in [-0.39, 0.29) is 31.9 Å². The minimum atomic E-state index is 0. The summed E-state index contributed by atoms with van der Waals surface area (Å²) in [5.74, 6) is 2.76. The van der Waals surface area contributed by atoms with Crippen molar-refractivity contribution in [2.45, 2.75) is 101 Å². The number of aromatic nitrogens is 4. The zero-order valence-corrected chi connectivity index (χ0v) is 36.8. The second kappa shape index (κ2) is 16.9. The van der Waals surface area contributed by atoms with Crippen LogP contribution in [0.2, 0.25) is 0 Å². The van der Waals surface area contributed by atoms with Gasteiger partial charge in [-0.1, -0.05) is 96.8 Å². The molecule has 0 aliphatic heterocycles. The van der Waals surface area contributed by atoms with Crippen LogP contribution in [0.1, 0.15) is 96.9 Å². The fourth-order valence-corrected chi connectivity index (χ4v) is 7.42. The average molecular weight is 924 g/mol. The van der Waals surface area contributed by atoms with E-state index < -0.39 is 0 Å². The van der Waals surface area contributed by atoms with Crippen LogP contribution in [-0.2, 0) is 40.3 Å². The molecule has 0 spiro atoms. The molecule has 4 aromatic carbocycles. The summed E-state index contributed by atoms with van der Waals surface area (Å²) in [6, 6.07) is 34.8. The molecular weight excluding hydrogens is 868 g/mol. The van der Waals surface area contributed by atoms with Crippen molar-refractivity contribution in [3.63, 3.8) is 0 Å². The Labute approximate surface area is 348 Å². The topological polar surface area (TPSA) is 44.9 Å². The second-order valence-electron chi connectivity index (χ2n) is 18.1. The van der Waals surface area contributed by atoms with Crippen molar-refractivity contribution in [1.29, 1.82) is 0 Å².